The topological polar surface area (TPSA) is 47.3 Å². The van der Waals surface area contributed by atoms with Gasteiger partial charge in [0.2, 0.25) is 0 Å². The lowest BCUT2D eigenvalue weighted by atomic mass is 9.96. The van der Waals surface area contributed by atoms with Crippen molar-refractivity contribution in [2.24, 2.45) is 0 Å². The molecule has 0 aliphatic carbocycles. The van der Waals surface area contributed by atoms with Crippen molar-refractivity contribution in [3.8, 4) is 11.1 Å². The van der Waals surface area contributed by atoms with Crippen LogP contribution in [0.1, 0.15) is 11.1 Å². The van der Waals surface area contributed by atoms with Crippen LogP contribution < -0.4 is 0 Å². The highest BCUT2D eigenvalue weighted by Crippen LogP contribution is 2.36. The Bertz CT molecular complexity index is 975. The van der Waals surface area contributed by atoms with Gasteiger partial charge in [-0.25, -0.2) is 4.98 Å². The predicted molar refractivity (Wildman–Crippen MR) is 90.7 cm³/mol. The fourth-order valence-corrected chi connectivity index (χ4v) is 3.36. The number of fused-ring (bicyclic) bond motifs is 1. The molecule has 0 atom stereocenters. The molecule has 0 radical (unpaired) electrons. The number of hydrogen-bond acceptors (Lipinski definition) is 3. The molecule has 1 aromatic heterocycles. The summed E-state index contributed by atoms with van der Waals surface area (Å²) in [7, 11) is 0. The Labute approximate surface area is 147 Å². The van der Waals surface area contributed by atoms with Gasteiger partial charge >= 0.3 is 6.18 Å². The quantitative estimate of drug-likeness (QED) is 0.771. The van der Waals surface area contributed by atoms with Gasteiger partial charge in [0, 0.05) is 0 Å². The lowest BCUT2D eigenvalue weighted by molar-refractivity contribution is -0.184. The van der Waals surface area contributed by atoms with Crippen molar-refractivity contribution < 1.29 is 23.0 Å². The van der Waals surface area contributed by atoms with Gasteiger partial charge in [-0.05, 0) is 41.8 Å². The highest BCUT2D eigenvalue weighted by molar-refractivity contribution is 5.83. The van der Waals surface area contributed by atoms with Crippen LogP contribution in [0.4, 0.5) is 13.2 Å². The second-order valence-electron chi connectivity index (χ2n) is 6.77. The van der Waals surface area contributed by atoms with Crippen molar-refractivity contribution in [1.29, 1.82) is 0 Å². The molecule has 1 saturated heterocycles. The summed E-state index contributed by atoms with van der Waals surface area (Å²) in [4.78, 5) is 4.34. The molecular formula is C19H17F3N2O2. The van der Waals surface area contributed by atoms with Crippen LogP contribution >= 0.6 is 0 Å². The van der Waals surface area contributed by atoms with E-state index in [-0.39, 0.29) is 18.8 Å². The van der Waals surface area contributed by atoms with Crippen molar-refractivity contribution in [3.05, 3.63) is 53.9 Å². The van der Waals surface area contributed by atoms with Crippen molar-refractivity contribution in [2.75, 3.05) is 13.2 Å². The van der Waals surface area contributed by atoms with E-state index in [1.165, 1.54) is 13.0 Å². The number of imidazole rings is 1. The lowest BCUT2D eigenvalue weighted by Gasteiger charge is -2.36. The van der Waals surface area contributed by atoms with Crippen LogP contribution in [0.2, 0.25) is 0 Å². The first-order valence-electron chi connectivity index (χ1n) is 8.19. The first kappa shape index (κ1) is 17.1. The largest absolute Gasteiger partial charge is 0.416 e. The van der Waals surface area contributed by atoms with E-state index < -0.39 is 17.3 Å². The van der Waals surface area contributed by atoms with Gasteiger partial charge in [-0.2, -0.15) is 13.2 Å². The Morgan fingerprint density at radius 3 is 2.65 bits per heavy atom. The van der Waals surface area contributed by atoms with Crippen molar-refractivity contribution in [2.45, 2.75) is 25.2 Å². The van der Waals surface area contributed by atoms with Gasteiger partial charge in [-0.15, -0.1) is 0 Å². The lowest BCUT2D eigenvalue weighted by Crippen LogP contribution is -2.52. The summed E-state index contributed by atoms with van der Waals surface area (Å²) >= 11 is 0. The number of hydrogen-bond donors (Lipinski definition) is 1. The Morgan fingerprint density at radius 2 is 2.00 bits per heavy atom. The third-order valence-electron chi connectivity index (χ3n) is 4.78. The molecule has 0 spiro atoms. The zero-order chi connectivity index (χ0) is 18.5. The van der Waals surface area contributed by atoms with Crippen LogP contribution in [0.25, 0.3) is 22.2 Å². The number of nitrogens with zero attached hydrogens (tertiary/aromatic N) is 2. The minimum Gasteiger partial charge on any atom is -0.383 e. The van der Waals surface area contributed by atoms with Crippen LogP contribution in [0, 0.1) is 6.92 Å². The molecule has 7 heteroatoms. The minimum absolute atomic E-state index is 0.194. The number of ether oxygens (including phenoxy) is 1. The molecule has 26 heavy (non-hydrogen) atoms. The average molecular weight is 362 g/mol. The summed E-state index contributed by atoms with van der Waals surface area (Å²) in [5, 5.41) is 10.2. The second kappa shape index (κ2) is 5.82. The first-order chi connectivity index (χ1) is 12.3. The van der Waals surface area contributed by atoms with E-state index in [0.29, 0.717) is 23.2 Å². The highest BCUT2D eigenvalue weighted by atomic mass is 19.4. The van der Waals surface area contributed by atoms with Crippen LogP contribution in [-0.4, -0.2) is 33.5 Å². The molecule has 1 fully saturated rings. The van der Waals surface area contributed by atoms with E-state index in [9.17, 15) is 18.3 Å². The molecule has 0 bridgehead atoms. The van der Waals surface area contributed by atoms with Crippen LogP contribution in [0.15, 0.2) is 42.7 Å². The van der Waals surface area contributed by atoms with Gasteiger partial charge in [0.1, 0.15) is 5.60 Å². The normalized spacial score (nSPS) is 16.7. The SMILES string of the molecule is Cc1c(-c2ccc3c(c2)ncn3CC2(O)COC2)cccc1C(F)(F)F. The molecule has 2 aromatic carbocycles. The summed E-state index contributed by atoms with van der Waals surface area (Å²) in [6, 6.07) is 9.56. The summed E-state index contributed by atoms with van der Waals surface area (Å²) < 4.78 is 46.3. The maximum atomic E-state index is 13.1. The average Bonchev–Trinajstić information content (AvgIpc) is 2.94. The monoisotopic (exact) mass is 362 g/mol. The van der Waals surface area contributed by atoms with Gasteiger partial charge in [0.05, 0.1) is 42.7 Å². The third kappa shape index (κ3) is 2.87. The van der Waals surface area contributed by atoms with Crippen LogP contribution in [0.3, 0.4) is 0 Å². The molecule has 1 aliphatic rings. The van der Waals surface area contributed by atoms with Crippen molar-refractivity contribution >= 4 is 11.0 Å². The van der Waals surface area contributed by atoms with E-state index in [1.807, 2.05) is 10.6 Å². The Hall–Kier alpha value is -2.38. The Morgan fingerprint density at radius 1 is 1.23 bits per heavy atom. The maximum absolute atomic E-state index is 13.1. The van der Waals surface area contributed by atoms with Crippen molar-refractivity contribution in [3.63, 3.8) is 0 Å². The maximum Gasteiger partial charge on any atom is 0.416 e. The molecule has 0 saturated carbocycles. The molecule has 0 unspecified atom stereocenters. The van der Waals surface area contributed by atoms with E-state index in [0.717, 1.165) is 11.6 Å². The molecule has 3 aromatic rings. The Kier molecular flexibility index (Phi) is 3.82. The zero-order valence-electron chi connectivity index (χ0n) is 14.0. The molecule has 1 N–H and O–H groups in total. The van der Waals surface area contributed by atoms with E-state index in [4.69, 9.17) is 4.74 Å². The molecule has 136 valence electrons. The van der Waals surface area contributed by atoms with E-state index >= 15 is 0 Å². The van der Waals surface area contributed by atoms with Gasteiger partial charge in [0.25, 0.3) is 0 Å². The van der Waals surface area contributed by atoms with Gasteiger partial charge < -0.3 is 14.4 Å². The fourth-order valence-electron chi connectivity index (χ4n) is 3.36. The molecule has 0 amide bonds. The zero-order valence-corrected chi connectivity index (χ0v) is 14.0. The molecule has 4 nitrogen and oxygen atoms in total. The van der Waals surface area contributed by atoms with Gasteiger partial charge in [0.15, 0.2) is 0 Å². The van der Waals surface area contributed by atoms with Gasteiger partial charge in [-0.1, -0.05) is 18.2 Å². The summed E-state index contributed by atoms with van der Waals surface area (Å²) in [5.74, 6) is 0. The van der Waals surface area contributed by atoms with E-state index in [1.54, 1.807) is 24.5 Å². The number of aliphatic hydroxyl groups is 1. The molecule has 1 aliphatic heterocycles. The van der Waals surface area contributed by atoms with Crippen LogP contribution in [0.5, 0.6) is 0 Å². The van der Waals surface area contributed by atoms with Crippen LogP contribution in [-0.2, 0) is 17.5 Å². The Balaban J connectivity index is 1.73. The fraction of sp³-hybridized carbons (Fsp3) is 0.316. The predicted octanol–water partition coefficient (Wildman–Crippen LogP) is 3.79. The smallest absolute Gasteiger partial charge is 0.383 e. The summed E-state index contributed by atoms with van der Waals surface area (Å²) in [6.07, 6.45) is -2.75. The number of halogens is 3. The third-order valence-corrected chi connectivity index (χ3v) is 4.78. The molecular weight excluding hydrogens is 345 g/mol. The minimum atomic E-state index is -4.38. The standard InChI is InChI=1S/C19H17F3N2O2/c1-12-14(3-2-4-15(12)19(20,21)22)13-5-6-17-16(7-13)23-11-24(17)8-18(25)9-26-10-18/h2-7,11,25H,8-10H2,1H3. The summed E-state index contributed by atoms with van der Waals surface area (Å²) in [6.45, 7) is 2.42. The highest BCUT2D eigenvalue weighted by Gasteiger charge is 2.37. The summed E-state index contributed by atoms with van der Waals surface area (Å²) in [5.41, 5.74) is 1.37. The number of aromatic nitrogens is 2. The first-order valence-corrected chi connectivity index (χ1v) is 8.19. The molecule has 2 heterocycles. The number of alkyl halides is 3. The van der Waals surface area contributed by atoms with Gasteiger partial charge in [-0.3, -0.25) is 0 Å². The second-order valence-corrected chi connectivity index (χ2v) is 6.77. The van der Waals surface area contributed by atoms with Crippen molar-refractivity contribution in [1.82, 2.24) is 9.55 Å². The number of rotatable bonds is 3. The van der Waals surface area contributed by atoms with E-state index in [2.05, 4.69) is 4.98 Å². The molecule has 4 rings (SSSR count). The number of benzene rings is 2.